The Balaban J connectivity index is 2.96. The van der Waals surface area contributed by atoms with Gasteiger partial charge in [-0.25, -0.2) is 0 Å². The summed E-state index contributed by atoms with van der Waals surface area (Å²) in [6.45, 7) is -0.215. The van der Waals surface area contributed by atoms with Crippen LogP contribution < -0.4 is 9.47 Å². The standard InChI is InChI=1S/C11H15N3O4/c1-17-7-3-4-8(10(5-7)18-2)11(16)9(15)6-13-14-12/h3-5,9,11,15-16H,6H2,1-2H3. The number of hydrogen-bond acceptors (Lipinski definition) is 5. The lowest BCUT2D eigenvalue weighted by Crippen LogP contribution is -2.21. The fraction of sp³-hybridized carbons (Fsp3) is 0.455. The number of azide groups is 1. The molecule has 1 rings (SSSR count). The highest BCUT2D eigenvalue weighted by atomic mass is 16.5. The Morgan fingerprint density at radius 1 is 1.33 bits per heavy atom. The van der Waals surface area contributed by atoms with Gasteiger partial charge in [0.25, 0.3) is 0 Å². The predicted octanol–water partition coefficient (Wildman–Crippen LogP) is 1.41. The Labute approximate surface area is 104 Å². The second kappa shape index (κ2) is 6.70. The van der Waals surface area contributed by atoms with E-state index in [4.69, 9.17) is 15.0 Å². The van der Waals surface area contributed by atoms with E-state index in [0.717, 1.165) is 0 Å². The molecule has 98 valence electrons. The number of rotatable bonds is 6. The minimum absolute atomic E-state index is 0.215. The summed E-state index contributed by atoms with van der Waals surface area (Å²) >= 11 is 0. The van der Waals surface area contributed by atoms with Crippen LogP contribution in [-0.4, -0.2) is 37.1 Å². The van der Waals surface area contributed by atoms with E-state index in [1.807, 2.05) is 0 Å². The maximum absolute atomic E-state index is 9.94. The Hall–Kier alpha value is -1.95. The average Bonchev–Trinajstić information content (AvgIpc) is 2.43. The average molecular weight is 253 g/mol. The van der Waals surface area contributed by atoms with Crippen LogP contribution in [0, 0.1) is 0 Å². The molecule has 0 aromatic heterocycles. The van der Waals surface area contributed by atoms with Crippen molar-refractivity contribution in [3.05, 3.63) is 34.2 Å². The van der Waals surface area contributed by atoms with Gasteiger partial charge in [0.2, 0.25) is 0 Å². The molecule has 0 aliphatic carbocycles. The number of aliphatic hydroxyl groups excluding tert-OH is 2. The van der Waals surface area contributed by atoms with Crippen LogP contribution in [0.4, 0.5) is 0 Å². The zero-order valence-corrected chi connectivity index (χ0v) is 10.1. The summed E-state index contributed by atoms with van der Waals surface area (Å²) in [5.41, 5.74) is 8.56. The van der Waals surface area contributed by atoms with Gasteiger partial charge in [-0.05, 0) is 17.7 Å². The van der Waals surface area contributed by atoms with Crippen molar-refractivity contribution in [1.29, 1.82) is 0 Å². The van der Waals surface area contributed by atoms with Gasteiger partial charge in [-0.15, -0.1) is 0 Å². The first kappa shape index (κ1) is 14.1. The molecule has 0 saturated heterocycles. The number of hydrogen-bond donors (Lipinski definition) is 2. The first-order valence-corrected chi connectivity index (χ1v) is 5.23. The second-order valence-corrected chi connectivity index (χ2v) is 3.53. The van der Waals surface area contributed by atoms with Crippen molar-refractivity contribution in [2.45, 2.75) is 12.2 Å². The molecule has 0 amide bonds. The highest BCUT2D eigenvalue weighted by molar-refractivity contribution is 5.42. The normalized spacial score (nSPS) is 13.3. The molecule has 0 aliphatic rings. The number of aliphatic hydroxyl groups is 2. The number of ether oxygens (including phenoxy) is 2. The summed E-state index contributed by atoms with van der Waals surface area (Å²) < 4.78 is 10.1. The summed E-state index contributed by atoms with van der Waals surface area (Å²) in [6, 6.07) is 4.82. The molecule has 1 aromatic carbocycles. The SMILES string of the molecule is COc1ccc(C(O)C(O)CN=[N+]=[N-])c(OC)c1. The van der Waals surface area contributed by atoms with Gasteiger partial charge in [-0.2, -0.15) is 0 Å². The molecule has 0 spiro atoms. The first-order valence-electron chi connectivity index (χ1n) is 5.23. The predicted molar refractivity (Wildman–Crippen MR) is 64.5 cm³/mol. The monoisotopic (exact) mass is 253 g/mol. The molecule has 7 nitrogen and oxygen atoms in total. The largest absolute Gasteiger partial charge is 0.497 e. The van der Waals surface area contributed by atoms with Gasteiger partial charge in [0.1, 0.15) is 17.6 Å². The van der Waals surface area contributed by atoms with Crippen molar-refractivity contribution in [3.63, 3.8) is 0 Å². The van der Waals surface area contributed by atoms with Crippen LogP contribution in [0.5, 0.6) is 11.5 Å². The van der Waals surface area contributed by atoms with Gasteiger partial charge in [0.05, 0.1) is 26.9 Å². The lowest BCUT2D eigenvalue weighted by molar-refractivity contribution is 0.0229. The number of nitrogens with zero attached hydrogens (tertiary/aromatic N) is 3. The molecule has 7 heteroatoms. The lowest BCUT2D eigenvalue weighted by atomic mass is 10.0. The van der Waals surface area contributed by atoms with Crippen molar-refractivity contribution in [3.8, 4) is 11.5 Å². The summed E-state index contributed by atoms with van der Waals surface area (Å²) in [6.07, 6.45) is -2.39. The second-order valence-electron chi connectivity index (χ2n) is 3.53. The Morgan fingerprint density at radius 3 is 2.61 bits per heavy atom. The first-order chi connectivity index (χ1) is 8.63. The van der Waals surface area contributed by atoms with Crippen molar-refractivity contribution < 1.29 is 19.7 Å². The molecule has 2 N–H and O–H groups in total. The topological polar surface area (TPSA) is 108 Å². The van der Waals surface area contributed by atoms with E-state index >= 15 is 0 Å². The molecule has 18 heavy (non-hydrogen) atoms. The molecule has 0 bridgehead atoms. The summed E-state index contributed by atoms with van der Waals surface area (Å²) in [4.78, 5) is 2.52. The van der Waals surface area contributed by atoms with E-state index in [1.165, 1.54) is 14.2 Å². The van der Waals surface area contributed by atoms with Crippen LogP contribution in [0.1, 0.15) is 11.7 Å². The third-order valence-corrected chi connectivity index (χ3v) is 2.46. The van der Waals surface area contributed by atoms with Gasteiger partial charge >= 0.3 is 0 Å². The number of methoxy groups -OCH3 is 2. The molecule has 0 radical (unpaired) electrons. The molecule has 0 aliphatic heterocycles. The van der Waals surface area contributed by atoms with E-state index in [1.54, 1.807) is 18.2 Å². The highest BCUT2D eigenvalue weighted by Crippen LogP contribution is 2.31. The van der Waals surface area contributed by atoms with E-state index in [9.17, 15) is 10.2 Å². The van der Waals surface area contributed by atoms with Crippen LogP contribution in [0.3, 0.4) is 0 Å². The van der Waals surface area contributed by atoms with Crippen molar-refractivity contribution in [2.75, 3.05) is 20.8 Å². The highest BCUT2D eigenvalue weighted by Gasteiger charge is 2.21. The van der Waals surface area contributed by atoms with Crippen LogP contribution >= 0.6 is 0 Å². The lowest BCUT2D eigenvalue weighted by Gasteiger charge is -2.19. The van der Waals surface area contributed by atoms with Crippen LogP contribution in [0.25, 0.3) is 10.4 Å². The smallest absolute Gasteiger partial charge is 0.128 e. The fourth-order valence-corrected chi connectivity index (χ4v) is 1.49. The maximum atomic E-state index is 9.94. The van der Waals surface area contributed by atoms with Crippen molar-refractivity contribution >= 4 is 0 Å². The summed E-state index contributed by atoms with van der Waals surface area (Å²) in [5, 5.41) is 22.8. The third kappa shape index (κ3) is 3.27. The Kier molecular flexibility index (Phi) is 5.26. The van der Waals surface area contributed by atoms with E-state index in [-0.39, 0.29) is 6.54 Å². The molecule has 1 aromatic rings. The van der Waals surface area contributed by atoms with Crippen molar-refractivity contribution in [1.82, 2.24) is 0 Å². The summed E-state index contributed by atoms with van der Waals surface area (Å²) in [7, 11) is 2.96. The fourth-order valence-electron chi connectivity index (χ4n) is 1.49. The van der Waals surface area contributed by atoms with Crippen LogP contribution in [-0.2, 0) is 0 Å². The van der Waals surface area contributed by atoms with Gasteiger partial charge in [-0.1, -0.05) is 5.11 Å². The van der Waals surface area contributed by atoms with Gasteiger partial charge in [0, 0.05) is 16.5 Å². The van der Waals surface area contributed by atoms with Gasteiger partial charge in [0.15, 0.2) is 0 Å². The Bertz CT molecular complexity index is 446. The maximum Gasteiger partial charge on any atom is 0.128 e. The van der Waals surface area contributed by atoms with Gasteiger partial charge < -0.3 is 19.7 Å². The Morgan fingerprint density at radius 2 is 2.06 bits per heavy atom. The zero-order valence-electron chi connectivity index (χ0n) is 10.1. The molecule has 0 fully saturated rings. The zero-order chi connectivity index (χ0) is 13.5. The minimum Gasteiger partial charge on any atom is -0.497 e. The molecule has 2 atom stereocenters. The van der Waals surface area contributed by atoms with E-state index in [2.05, 4.69) is 10.0 Å². The minimum atomic E-state index is -1.20. The van der Waals surface area contributed by atoms with E-state index < -0.39 is 12.2 Å². The molecule has 2 unspecified atom stereocenters. The quantitative estimate of drug-likeness (QED) is 0.454. The van der Waals surface area contributed by atoms with Gasteiger partial charge in [-0.3, -0.25) is 0 Å². The van der Waals surface area contributed by atoms with Crippen LogP contribution in [0.2, 0.25) is 0 Å². The van der Waals surface area contributed by atoms with Crippen LogP contribution in [0.15, 0.2) is 23.3 Å². The molecular formula is C11H15N3O4. The summed E-state index contributed by atoms with van der Waals surface area (Å²) in [5.74, 6) is 0.967. The van der Waals surface area contributed by atoms with E-state index in [0.29, 0.717) is 17.1 Å². The molecule has 0 heterocycles. The molecular weight excluding hydrogens is 238 g/mol. The third-order valence-electron chi connectivity index (χ3n) is 2.46. The number of benzene rings is 1. The molecule has 0 saturated carbocycles. The van der Waals surface area contributed by atoms with Crippen molar-refractivity contribution in [2.24, 2.45) is 5.11 Å².